The number of benzene rings is 2. The molecule has 0 aliphatic rings. The van der Waals surface area contributed by atoms with Crippen molar-refractivity contribution in [3.63, 3.8) is 0 Å². The van der Waals surface area contributed by atoms with Crippen LogP contribution in [0.4, 0.5) is 16.2 Å². The fourth-order valence-electron chi connectivity index (χ4n) is 3.23. The Bertz CT molecular complexity index is 1600. The number of anilines is 2. The predicted octanol–water partition coefficient (Wildman–Crippen LogP) is 4.62. The Morgan fingerprint density at radius 3 is 2.41 bits per heavy atom. The zero-order valence-electron chi connectivity index (χ0n) is 17.3. The average Bonchev–Trinajstić information content (AvgIpc) is 3.21. The van der Waals surface area contributed by atoms with Gasteiger partial charge in [-0.1, -0.05) is 23.2 Å². The monoisotopic (exact) mass is 538 g/mol. The molecule has 4 N–H and O–H groups in total. The van der Waals surface area contributed by atoms with E-state index in [1.165, 1.54) is 36.4 Å². The highest BCUT2D eigenvalue weighted by Gasteiger charge is 2.20. The van der Waals surface area contributed by atoms with E-state index in [4.69, 9.17) is 23.2 Å². The second kappa shape index (κ2) is 9.18. The average molecular weight is 539 g/mol. The summed E-state index contributed by atoms with van der Waals surface area (Å²) in [5.41, 5.74) is 0.604. The first kappa shape index (κ1) is 23.9. The molecule has 9 nitrogen and oxygen atoms in total. The molecule has 0 bridgehead atoms. The Kier molecular flexibility index (Phi) is 6.45. The molecule has 34 heavy (non-hydrogen) atoms. The molecule has 0 unspecified atom stereocenters. The molecule has 0 radical (unpaired) electrons. The summed E-state index contributed by atoms with van der Waals surface area (Å²) in [5.74, 6) is -0.300. The van der Waals surface area contributed by atoms with Crippen LogP contribution in [0, 0.1) is 0 Å². The molecule has 4 aromatic rings. The van der Waals surface area contributed by atoms with Gasteiger partial charge in [0.05, 0.1) is 15.0 Å². The molecular weight excluding hydrogens is 523 g/mol. The van der Waals surface area contributed by atoms with Gasteiger partial charge < -0.3 is 15.7 Å². The lowest BCUT2D eigenvalue weighted by Gasteiger charge is -2.14. The number of rotatable bonds is 5. The molecule has 0 fully saturated rings. The minimum Gasteiger partial charge on any atom is -0.494 e. The highest BCUT2D eigenvalue weighted by atomic mass is 35.5. The summed E-state index contributed by atoms with van der Waals surface area (Å²) in [6, 6.07) is 12.3. The normalized spacial score (nSPS) is 11.4. The van der Waals surface area contributed by atoms with Crippen LogP contribution in [0.3, 0.4) is 0 Å². The summed E-state index contributed by atoms with van der Waals surface area (Å²) in [6.07, 6.45) is 0. The number of halogens is 2. The molecule has 0 saturated heterocycles. The zero-order chi connectivity index (χ0) is 24.6. The smallest absolute Gasteiger partial charge is 0.333 e. The lowest BCUT2D eigenvalue weighted by molar-refractivity contribution is 0.256. The van der Waals surface area contributed by atoms with Crippen LogP contribution in [0.5, 0.6) is 5.88 Å². The van der Waals surface area contributed by atoms with Crippen LogP contribution >= 0.6 is 34.5 Å². The Hall–Kier alpha value is -3.25. The maximum Gasteiger partial charge on any atom is 0.333 e. The first-order chi connectivity index (χ1) is 16.1. The topological polar surface area (TPSA) is 130 Å². The molecule has 0 saturated carbocycles. The van der Waals surface area contributed by atoms with Crippen LogP contribution < -0.4 is 20.9 Å². The number of hydrogen-bond donors (Lipinski definition) is 4. The van der Waals surface area contributed by atoms with Crippen molar-refractivity contribution < 1.29 is 18.3 Å². The molecule has 4 rings (SSSR count). The minimum absolute atomic E-state index is 0.0364. The molecule has 176 valence electrons. The van der Waals surface area contributed by atoms with Crippen LogP contribution in [0.25, 0.3) is 16.5 Å². The number of fused-ring (bicyclic) bond motifs is 1. The Balaban J connectivity index is 1.61. The number of pyridine rings is 1. The SMILES string of the molecule is CNc1ccc2c(O)n(-c3ccc(NC(=O)NS(=O)(=O)c4ccc(Cl)s4)cc3Cl)c(=O)cc2c1. The maximum absolute atomic E-state index is 12.7. The van der Waals surface area contributed by atoms with Crippen molar-refractivity contribution in [3.8, 4) is 11.6 Å². The summed E-state index contributed by atoms with van der Waals surface area (Å²) >= 11 is 12.9. The van der Waals surface area contributed by atoms with Crippen LogP contribution in [-0.4, -0.2) is 31.2 Å². The molecular formula is C21H16Cl2N4O5S2. The van der Waals surface area contributed by atoms with Gasteiger partial charge in [-0.05, 0) is 53.9 Å². The van der Waals surface area contributed by atoms with E-state index in [0.717, 1.165) is 21.6 Å². The standard InChI is InChI=1S/C21H16Cl2N4O5S2/c1-24-12-2-4-14-11(8-12)9-18(28)27(20(14)29)16-5-3-13(10-15(16)22)25-21(30)26-34(31,32)19-7-6-17(23)33-19/h2-10,24,29H,1H3,(H2,25,26,30). The molecule has 2 heterocycles. The number of aromatic hydroxyl groups is 1. The number of nitrogens with one attached hydrogen (secondary N) is 3. The molecule has 13 heteroatoms. The number of hydrogen-bond acceptors (Lipinski definition) is 7. The third-order valence-electron chi connectivity index (χ3n) is 4.78. The molecule has 2 amide bonds. The van der Waals surface area contributed by atoms with Gasteiger partial charge in [-0.25, -0.2) is 22.5 Å². The molecule has 2 aromatic heterocycles. The zero-order valence-corrected chi connectivity index (χ0v) is 20.4. The van der Waals surface area contributed by atoms with Crippen molar-refractivity contribution in [2.75, 3.05) is 17.7 Å². The quantitative estimate of drug-likeness (QED) is 0.293. The summed E-state index contributed by atoms with van der Waals surface area (Å²) in [6.45, 7) is 0. The van der Waals surface area contributed by atoms with Gasteiger partial charge in [-0.15, -0.1) is 11.3 Å². The summed E-state index contributed by atoms with van der Waals surface area (Å²) in [5, 5.41) is 17.1. The van der Waals surface area contributed by atoms with Gasteiger partial charge in [-0.3, -0.25) is 4.79 Å². The van der Waals surface area contributed by atoms with Crippen molar-refractivity contribution in [2.45, 2.75) is 4.21 Å². The van der Waals surface area contributed by atoms with Gasteiger partial charge >= 0.3 is 6.03 Å². The highest BCUT2D eigenvalue weighted by molar-refractivity contribution is 7.92. The van der Waals surface area contributed by atoms with Gasteiger partial charge in [0.15, 0.2) is 0 Å². The second-order valence-electron chi connectivity index (χ2n) is 6.98. The predicted molar refractivity (Wildman–Crippen MR) is 134 cm³/mol. The number of thiophene rings is 1. The van der Waals surface area contributed by atoms with Crippen LogP contribution in [0.2, 0.25) is 9.36 Å². The molecule has 0 aliphatic heterocycles. The third kappa shape index (κ3) is 4.68. The summed E-state index contributed by atoms with van der Waals surface area (Å²) < 4.78 is 27.6. The number of amides is 2. The summed E-state index contributed by atoms with van der Waals surface area (Å²) in [7, 11) is -2.36. The lowest BCUT2D eigenvalue weighted by atomic mass is 10.1. The first-order valence-electron chi connectivity index (χ1n) is 9.54. The van der Waals surface area contributed by atoms with Crippen LogP contribution in [-0.2, 0) is 10.0 Å². The number of aromatic nitrogens is 1. The fourth-order valence-corrected chi connectivity index (χ4v) is 5.89. The molecule has 2 aromatic carbocycles. The van der Waals surface area contributed by atoms with Crippen LogP contribution in [0.1, 0.15) is 0 Å². The van der Waals surface area contributed by atoms with Crippen molar-refractivity contribution in [3.05, 3.63) is 74.3 Å². The lowest BCUT2D eigenvalue weighted by Crippen LogP contribution is -2.33. The van der Waals surface area contributed by atoms with Gasteiger partial charge in [0, 0.05) is 29.9 Å². The van der Waals surface area contributed by atoms with Crippen LogP contribution in [0.15, 0.2) is 63.6 Å². The fraction of sp³-hybridized carbons (Fsp3) is 0.0476. The number of carbonyl (C=O) groups is 1. The van der Waals surface area contributed by atoms with E-state index in [-0.39, 0.29) is 30.8 Å². The van der Waals surface area contributed by atoms with E-state index in [0.29, 0.717) is 10.8 Å². The highest BCUT2D eigenvalue weighted by Crippen LogP contribution is 2.31. The third-order valence-corrected chi connectivity index (χ3v) is 8.14. The van der Waals surface area contributed by atoms with E-state index < -0.39 is 21.6 Å². The van der Waals surface area contributed by atoms with Gasteiger partial charge in [-0.2, -0.15) is 0 Å². The first-order valence-corrected chi connectivity index (χ1v) is 12.6. The maximum atomic E-state index is 12.7. The van der Waals surface area contributed by atoms with Gasteiger partial charge in [0.2, 0.25) is 5.88 Å². The Morgan fingerprint density at radius 2 is 1.76 bits per heavy atom. The number of urea groups is 1. The van der Waals surface area contributed by atoms with E-state index in [1.54, 1.807) is 25.2 Å². The van der Waals surface area contributed by atoms with Crippen molar-refractivity contribution >= 4 is 72.7 Å². The molecule has 0 aliphatic carbocycles. The van der Waals surface area contributed by atoms with E-state index >= 15 is 0 Å². The van der Waals surface area contributed by atoms with E-state index in [9.17, 15) is 23.1 Å². The number of sulfonamides is 1. The van der Waals surface area contributed by atoms with Gasteiger partial charge in [0.1, 0.15) is 4.21 Å². The summed E-state index contributed by atoms with van der Waals surface area (Å²) in [4.78, 5) is 24.9. The van der Waals surface area contributed by atoms with Gasteiger partial charge in [0.25, 0.3) is 15.6 Å². The minimum atomic E-state index is -4.10. The van der Waals surface area contributed by atoms with E-state index in [1.807, 2.05) is 4.72 Å². The second-order valence-corrected chi connectivity index (χ2v) is 11.0. The Labute approximate surface area is 207 Å². The largest absolute Gasteiger partial charge is 0.494 e. The molecule has 0 spiro atoms. The van der Waals surface area contributed by atoms with Crippen molar-refractivity contribution in [2.24, 2.45) is 0 Å². The van der Waals surface area contributed by atoms with E-state index in [2.05, 4.69) is 10.6 Å². The number of carbonyl (C=O) groups excluding carboxylic acids is 1. The molecule has 0 atom stereocenters. The van der Waals surface area contributed by atoms with Crippen molar-refractivity contribution in [1.82, 2.24) is 9.29 Å². The number of nitrogens with zero attached hydrogens (tertiary/aromatic N) is 1. The van der Waals surface area contributed by atoms with Crippen molar-refractivity contribution in [1.29, 1.82) is 0 Å². The Morgan fingerprint density at radius 1 is 1.03 bits per heavy atom.